The molecule has 100 valence electrons. The van der Waals surface area contributed by atoms with Gasteiger partial charge in [-0.3, -0.25) is 4.98 Å². The zero-order chi connectivity index (χ0) is 13.8. The maximum atomic E-state index is 5.77. The van der Waals surface area contributed by atoms with Crippen LogP contribution in [0.2, 0.25) is 0 Å². The molecule has 3 rings (SSSR count). The van der Waals surface area contributed by atoms with Crippen molar-refractivity contribution in [3.63, 3.8) is 0 Å². The third kappa shape index (κ3) is 2.89. The third-order valence-corrected chi connectivity index (χ3v) is 3.41. The highest BCUT2D eigenvalue weighted by Crippen LogP contribution is 2.13. The molecule has 20 heavy (non-hydrogen) atoms. The number of halogens is 1. The number of nitrogens with zero attached hydrogens (tertiary/aromatic N) is 2. The average molecular weight is 284 g/mol. The minimum absolute atomic E-state index is 0.545. The van der Waals surface area contributed by atoms with Crippen molar-refractivity contribution in [3.8, 4) is 0 Å². The quantitative estimate of drug-likeness (QED) is 0.736. The van der Waals surface area contributed by atoms with Crippen LogP contribution in [-0.4, -0.2) is 9.97 Å². The molecule has 1 heterocycles. The number of aromatic nitrogens is 2. The minimum atomic E-state index is 0.545. The van der Waals surface area contributed by atoms with Crippen molar-refractivity contribution in [2.75, 3.05) is 5.32 Å². The van der Waals surface area contributed by atoms with E-state index in [1.165, 1.54) is 5.56 Å². The largest absolute Gasteiger partial charge is 0.365 e. The molecule has 0 amide bonds. The zero-order valence-electron chi connectivity index (χ0n) is 10.9. The Morgan fingerprint density at radius 3 is 2.35 bits per heavy atom. The molecular weight excluding hydrogens is 270 g/mol. The van der Waals surface area contributed by atoms with Crippen LogP contribution in [0.25, 0.3) is 11.0 Å². The van der Waals surface area contributed by atoms with E-state index in [-0.39, 0.29) is 0 Å². The molecule has 0 fully saturated rings. The van der Waals surface area contributed by atoms with Gasteiger partial charge >= 0.3 is 0 Å². The molecule has 1 aromatic heterocycles. The Kier molecular flexibility index (Phi) is 3.79. The van der Waals surface area contributed by atoms with E-state index in [0.29, 0.717) is 5.88 Å². The fraction of sp³-hybridized carbons (Fsp3) is 0.125. The van der Waals surface area contributed by atoms with Crippen LogP contribution in [0.4, 0.5) is 5.82 Å². The Hall–Kier alpha value is -2.13. The van der Waals surface area contributed by atoms with Gasteiger partial charge in [0, 0.05) is 12.4 Å². The third-order valence-electron chi connectivity index (χ3n) is 3.10. The number of alkyl halides is 1. The van der Waals surface area contributed by atoms with Gasteiger partial charge in [-0.1, -0.05) is 36.4 Å². The Bertz CT molecular complexity index is 710. The van der Waals surface area contributed by atoms with Crippen LogP contribution in [0.3, 0.4) is 0 Å². The number of hydrogen-bond acceptors (Lipinski definition) is 3. The summed E-state index contributed by atoms with van der Waals surface area (Å²) in [6.07, 6.45) is 1.76. The van der Waals surface area contributed by atoms with Crippen molar-refractivity contribution in [2.24, 2.45) is 0 Å². The lowest BCUT2D eigenvalue weighted by Crippen LogP contribution is -2.02. The van der Waals surface area contributed by atoms with Gasteiger partial charge in [0.25, 0.3) is 0 Å². The van der Waals surface area contributed by atoms with Crippen molar-refractivity contribution >= 4 is 28.5 Å². The summed E-state index contributed by atoms with van der Waals surface area (Å²) in [5, 5.41) is 3.28. The molecular formula is C16H14ClN3. The number of benzene rings is 2. The first-order valence-electron chi connectivity index (χ1n) is 6.44. The molecule has 0 saturated heterocycles. The standard InChI is InChI=1S/C16H14ClN3/c17-9-12-5-7-13(8-6-12)10-19-16-11-18-14-3-1-2-4-15(14)20-16/h1-8,11H,9-10H2,(H,19,20). The highest BCUT2D eigenvalue weighted by Gasteiger charge is 1.99. The average Bonchev–Trinajstić information content (AvgIpc) is 2.53. The molecule has 3 aromatic rings. The van der Waals surface area contributed by atoms with Crippen LogP contribution >= 0.6 is 11.6 Å². The van der Waals surface area contributed by atoms with E-state index in [0.717, 1.165) is 29.0 Å². The summed E-state index contributed by atoms with van der Waals surface area (Å²) in [6.45, 7) is 0.718. The molecule has 2 aromatic carbocycles. The smallest absolute Gasteiger partial charge is 0.145 e. The first-order valence-corrected chi connectivity index (χ1v) is 6.98. The summed E-state index contributed by atoms with van der Waals surface area (Å²) < 4.78 is 0. The number of hydrogen-bond donors (Lipinski definition) is 1. The molecule has 0 aliphatic carbocycles. The predicted molar refractivity (Wildman–Crippen MR) is 82.9 cm³/mol. The van der Waals surface area contributed by atoms with Gasteiger partial charge < -0.3 is 5.32 Å². The van der Waals surface area contributed by atoms with Crippen molar-refractivity contribution in [3.05, 3.63) is 65.9 Å². The lowest BCUT2D eigenvalue weighted by atomic mass is 10.1. The summed E-state index contributed by atoms with van der Waals surface area (Å²) in [6, 6.07) is 16.1. The molecule has 0 radical (unpaired) electrons. The molecule has 1 N–H and O–H groups in total. The van der Waals surface area contributed by atoms with E-state index >= 15 is 0 Å². The minimum Gasteiger partial charge on any atom is -0.365 e. The van der Waals surface area contributed by atoms with E-state index < -0.39 is 0 Å². The first-order chi connectivity index (χ1) is 9.85. The SMILES string of the molecule is ClCc1ccc(CNc2cnc3ccccc3n2)cc1. The fourth-order valence-corrected chi connectivity index (χ4v) is 2.16. The van der Waals surface area contributed by atoms with E-state index in [1.807, 2.05) is 36.4 Å². The van der Waals surface area contributed by atoms with Crippen LogP contribution in [0.5, 0.6) is 0 Å². The van der Waals surface area contributed by atoms with E-state index in [4.69, 9.17) is 11.6 Å². The number of fused-ring (bicyclic) bond motifs is 1. The Balaban J connectivity index is 1.72. The lowest BCUT2D eigenvalue weighted by molar-refractivity contribution is 1.10. The summed E-state index contributed by atoms with van der Waals surface area (Å²) in [7, 11) is 0. The van der Waals surface area contributed by atoms with E-state index in [9.17, 15) is 0 Å². The van der Waals surface area contributed by atoms with Gasteiger partial charge in [0.15, 0.2) is 0 Å². The maximum absolute atomic E-state index is 5.77. The second-order valence-corrected chi connectivity index (χ2v) is 4.81. The van der Waals surface area contributed by atoms with Crippen molar-refractivity contribution in [1.82, 2.24) is 9.97 Å². The first kappa shape index (κ1) is 12.9. The number of nitrogens with one attached hydrogen (secondary N) is 1. The molecule has 0 unspecified atom stereocenters. The number of rotatable bonds is 4. The van der Waals surface area contributed by atoms with Crippen LogP contribution in [0.15, 0.2) is 54.7 Å². The van der Waals surface area contributed by atoms with Crippen LogP contribution in [-0.2, 0) is 12.4 Å². The van der Waals surface area contributed by atoms with Crippen molar-refractivity contribution in [1.29, 1.82) is 0 Å². The molecule has 0 spiro atoms. The molecule has 0 bridgehead atoms. The fourth-order valence-electron chi connectivity index (χ4n) is 1.98. The summed E-state index contributed by atoms with van der Waals surface area (Å²) in [5.74, 6) is 1.33. The summed E-state index contributed by atoms with van der Waals surface area (Å²) >= 11 is 5.77. The Labute approximate surface area is 122 Å². The molecule has 3 nitrogen and oxygen atoms in total. The normalized spacial score (nSPS) is 10.7. The molecule has 4 heteroatoms. The molecule has 0 atom stereocenters. The highest BCUT2D eigenvalue weighted by atomic mass is 35.5. The highest BCUT2D eigenvalue weighted by molar-refractivity contribution is 6.17. The monoisotopic (exact) mass is 283 g/mol. The van der Waals surface area contributed by atoms with Crippen molar-refractivity contribution < 1.29 is 0 Å². The summed E-state index contributed by atoms with van der Waals surface area (Å²) in [4.78, 5) is 8.91. The van der Waals surface area contributed by atoms with Gasteiger partial charge in [-0.15, -0.1) is 11.6 Å². The van der Waals surface area contributed by atoms with Crippen LogP contribution in [0, 0.1) is 0 Å². The van der Waals surface area contributed by atoms with Crippen LogP contribution in [0.1, 0.15) is 11.1 Å². The van der Waals surface area contributed by atoms with Gasteiger partial charge in [-0.25, -0.2) is 4.98 Å². The van der Waals surface area contributed by atoms with Gasteiger partial charge in [-0.05, 0) is 23.3 Å². The lowest BCUT2D eigenvalue weighted by Gasteiger charge is -2.07. The topological polar surface area (TPSA) is 37.8 Å². The number of para-hydroxylation sites is 2. The molecule has 0 aliphatic heterocycles. The van der Waals surface area contributed by atoms with Crippen LogP contribution < -0.4 is 5.32 Å². The van der Waals surface area contributed by atoms with Gasteiger partial charge in [0.1, 0.15) is 5.82 Å². The Morgan fingerprint density at radius 1 is 0.900 bits per heavy atom. The van der Waals surface area contributed by atoms with Gasteiger partial charge in [-0.2, -0.15) is 0 Å². The van der Waals surface area contributed by atoms with Gasteiger partial charge in [0.05, 0.1) is 17.2 Å². The second kappa shape index (κ2) is 5.88. The van der Waals surface area contributed by atoms with Crippen molar-refractivity contribution in [2.45, 2.75) is 12.4 Å². The van der Waals surface area contributed by atoms with E-state index in [2.05, 4.69) is 27.4 Å². The predicted octanol–water partition coefficient (Wildman–Crippen LogP) is 3.98. The van der Waals surface area contributed by atoms with Gasteiger partial charge in [0.2, 0.25) is 0 Å². The summed E-state index contributed by atoms with van der Waals surface area (Å²) in [5.41, 5.74) is 4.12. The maximum Gasteiger partial charge on any atom is 0.145 e. The zero-order valence-corrected chi connectivity index (χ0v) is 11.6. The van der Waals surface area contributed by atoms with E-state index in [1.54, 1.807) is 6.20 Å². The molecule has 0 aliphatic rings. The second-order valence-electron chi connectivity index (χ2n) is 4.55. The Morgan fingerprint density at radius 2 is 1.60 bits per heavy atom. The molecule has 0 saturated carbocycles. The number of anilines is 1.